The van der Waals surface area contributed by atoms with E-state index in [0.717, 1.165) is 12.3 Å². The average Bonchev–Trinajstić information content (AvgIpc) is 2.10. The molecule has 16 heavy (non-hydrogen) atoms. The molecule has 3 heteroatoms. The Morgan fingerprint density at radius 1 is 1.38 bits per heavy atom. The Morgan fingerprint density at radius 3 is 2.38 bits per heavy atom. The molecule has 0 aromatic rings. The van der Waals surface area contributed by atoms with Gasteiger partial charge in [-0.05, 0) is 33.1 Å². The lowest BCUT2D eigenvalue weighted by Gasteiger charge is -2.30. The predicted molar refractivity (Wildman–Crippen MR) is 65.1 cm³/mol. The average molecular weight is 227 g/mol. The van der Waals surface area contributed by atoms with Gasteiger partial charge in [0.05, 0.1) is 6.10 Å². The quantitative estimate of drug-likeness (QED) is 0.755. The number of aliphatic hydroxyl groups is 1. The zero-order valence-electron chi connectivity index (χ0n) is 10.8. The van der Waals surface area contributed by atoms with Crippen molar-refractivity contribution in [2.45, 2.75) is 65.0 Å². The number of rotatable bonds is 6. The van der Waals surface area contributed by atoms with Crippen LogP contribution in [0.5, 0.6) is 0 Å². The summed E-state index contributed by atoms with van der Waals surface area (Å²) in [5, 5.41) is 9.36. The Hall–Kier alpha value is -0.570. The largest absolute Gasteiger partial charge is 0.392 e. The fourth-order valence-corrected chi connectivity index (χ4v) is 2.14. The van der Waals surface area contributed by atoms with Crippen molar-refractivity contribution in [3.05, 3.63) is 0 Å². The molecule has 0 saturated heterocycles. The van der Waals surface area contributed by atoms with E-state index in [1.165, 1.54) is 19.3 Å². The number of aliphatic hydroxyl groups excluding tert-OH is 1. The molecular weight excluding hydrogens is 202 g/mol. The van der Waals surface area contributed by atoms with Crippen molar-refractivity contribution in [3.8, 4) is 0 Å². The van der Waals surface area contributed by atoms with Crippen LogP contribution in [0, 0.1) is 5.92 Å². The van der Waals surface area contributed by atoms with Crippen molar-refractivity contribution in [2.75, 3.05) is 6.54 Å². The molecular formula is C13H25NO2. The molecule has 0 aliphatic heterocycles. The van der Waals surface area contributed by atoms with Crippen molar-refractivity contribution in [1.29, 1.82) is 0 Å². The smallest absolute Gasteiger partial charge is 0.222 e. The van der Waals surface area contributed by atoms with E-state index in [0.29, 0.717) is 13.0 Å². The molecule has 1 rings (SSSR count). The second-order valence-electron chi connectivity index (χ2n) is 5.32. The summed E-state index contributed by atoms with van der Waals surface area (Å²) in [6, 6.07) is 0.184. The maximum Gasteiger partial charge on any atom is 0.222 e. The van der Waals surface area contributed by atoms with Crippen molar-refractivity contribution in [3.63, 3.8) is 0 Å². The summed E-state index contributed by atoms with van der Waals surface area (Å²) in [4.78, 5) is 13.8. The van der Waals surface area contributed by atoms with Gasteiger partial charge in [0.25, 0.3) is 0 Å². The van der Waals surface area contributed by atoms with E-state index in [9.17, 15) is 9.90 Å². The summed E-state index contributed by atoms with van der Waals surface area (Å²) in [6.07, 6.45) is 5.17. The highest BCUT2D eigenvalue weighted by atomic mass is 16.3. The maximum atomic E-state index is 12.0. The van der Waals surface area contributed by atoms with Crippen LogP contribution in [-0.2, 0) is 4.79 Å². The normalized spacial score (nSPS) is 18.3. The minimum absolute atomic E-state index is 0.184. The van der Waals surface area contributed by atoms with Gasteiger partial charge in [0.2, 0.25) is 5.91 Å². The fourth-order valence-electron chi connectivity index (χ4n) is 2.14. The zero-order chi connectivity index (χ0) is 12.1. The molecule has 94 valence electrons. The highest BCUT2D eigenvalue weighted by molar-refractivity contribution is 5.76. The monoisotopic (exact) mass is 227 g/mol. The van der Waals surface area contributed by atoms with Crippen LogP contribution in [0.4, 0.5) is 0 Å². The van der Waals surface area contributed by atoms with Crippen LogP contribution >= 0.6 is 0 Å². The van der Waals surface area contributed by atoms with E-state index >= 15 is 0 Å². The maximum absolute atomic E-state index is 12.0. The van der Waals surface area contributed by atoms with Gasteiger partial charge >= 0.3 is 0 Å². The zero-order valence-corrected chi connectivity index (χ0v) is 10.8. The Labute approximate surface area is 98.8 Å². The second kappa shape index (κ2) is 6.24. The molecule has 0 radical (unpaired) electrons. The summed E-state index contributed by atoms with van der Waals surface area (Å²) in [7, 11) is 0. The van der Waals surface area contributed by atoms with E-state index in [-0.39, 0.29) is 11.9 Å². The number of amides is 1. The lowest BCUT2D eigenvalue weighted by atomic mass is 9.82. The molecule has 0 spiro atoms. The summed E-state index contributed by atoms with van der Waals surface area (Å²) < 4.78 is 0. The first-order valence-corrected chi connectivity index (χ1v) is 6.48. The van der Waals surface area contributed by atoms with Gasteiger partial charge in [-0.2, -0.15) is 0 Å². The van der Waals surface area contributed by atoms with Crippen molar-refractivity contribution >= 4 is 5.91 Å². The molecule has 1 aliphatic rings. The molecule has 0 aromatic carbocycles. The van der Waals surface area contributed by atoms with E-state index in [2.05, 4.69) is 0 Å². The number of carbonyl (C=O) groups excluding carboxylic acids is 1. The van der Waals surface area contributed by atoms with Gasteiger partial charge in [0.15, 0.2) is 0 Å². The molecule has 0 bridgehead atoms. The number of nitrogens with zero attached hydrogens (tertiary/aromatic N) is 1. The first-order valence-electron chi connectivity index (χ1n) is 6.48. The summed E-state index contributed by atoms with van der Waals surface area (Å²) in [5.41, 5.74) is 0. The second-order valence-corrected chi connectivity index (χ2v) is 5.32. The summed E-state index contributed by atoms with van der Waals surface area (Å²) in [5.74, 6) is 0.979. The standard InChI is InChI=1S/C13H25NO2/c1-10(2)14(9-11(3)15)13(16)8-7-12-5-4-6-12/h10-12,15H,4-9H2,1-3H3. The Morgan fingerprint density at radius 2 is 2.00 bits per heavy atom. The molecule has 1 atom stereocenters. The third-order valence-corrected chi connectivity index (χ3v) is 3.40. The van der Waals surface area contributed by atoms with Crippen LogP contribution in [0.15, 0.2) is 0 Å². The molecule has 1 N–H and O–H groups in total. The lowest BCUT2D eigenvalue weighted by molar-refractivity contribution is -0.134. The fraction of sp³-hybridized carbons (Fsp3) is 0.923. The third-order valence-electron chi connectivity index (χ3n) is 3.40. The van der Waals surface area contributed by atoms with Crippen LogP contribution in [-0.4, -0.2) is 34.6 Å². The van der Waals surface area contributed by atoms with Crippen molar-refractivity contribution in [1.82, 2.24) is 4.90 Å². The van der Waals surface area contributed by atoms with Gasteiger partial charge in [0, 0.05) is 19.0 Å². The predicted octanol–water partition coefficient (Wildman–Crippen LogP) is 2.18. The number of carbonyl (C=O) groups is 1. The van der Waals surface area contributed by atoms with Gasteiger partial charge in [-0.1, -0.05) is 19.3 Å². The van der Waals surface area contributed by atoms with Crippen LogP contribution in [0.2, 0.25) is 0 Å². The van der Waals surface area contributed by atoms with Crippen LogP contribution in [0.3, 0.4) is 0 Å². The van der Waals surface area contributed by atoms with E-state index in [1.807, 2.05) is 13.8 Å². The highest BCUT2D eigenvalue weighted by Gasteiger charge is 2.22. The Bertz CT molecular complexity index is 222. The van der Waals surface area contributed by atoms with Gasteiger partial charge in [-0.15, -0.1) is 0 Å². The molecule has 1 unspecified atom stereocenters. The molecule has 3 nitrogen and oxygen atoms in total. The molecule has 1 aliphatic carbocycles. The van der Waals surface area contributed by atoms with Crippen molar-refractivity contribution < 1.29 is 9.90 Å². The molecule has 0 heterocycles. The van der Waals surface area contributed by atoms with Gasteiger partial charge < -0.3 is 10.0 Å². The van der Waals surface area contributed by atoms with Crippen molar-refractivity contribution in [2.24, 2.45) is 5.92 Å². The SMILES string of the molecule is CC(O)CN(C(=O)CCC1CCC1)C(C)C. The minimum Gasteiger partial charge on any atom is -0.392 e. The van der Waals surface area contributed by atoms with E-state index in [1.54, 1.807) is 11.8 Å². The lowest BCUT2D eigenvalue weighted by Crippen LogP contribution is -2.41. The number of hydrogen-bond donors (Lipinski definition) is 1. The molecule has 1 saturated carbocycles. The minimum atomic E-state index is -0.435. The number of hydrogen-bond acceptors (Lipinski definition) is 2. The van der Waals surface area contributed by atoms with Gasteiger partial charge in [0.1, 0.15) is 0 Å². The topological polar surface area (TPSA) is 40.5 Å². The summed E-state index contributed by atoms with van der Waals surface area (Å²) in [6.45, 7) is 6.20. The van der Waals surface area contributed by atoms with Crippen LogP contribution < -0.4 is 0 Å². The van der Waals surface area contributed by atoms with E-state index in [4.69, 9.17) is 0 Å². The Balaban J connectivity index is 2.33. The van der Waals surface area contributed by atoms with Crippen LogP contribution in [0.25, 0.3) is 0 Å². The Kier molecular flexibility index (Phi) is 5.26. The molecule has 1 amide bonds. The third kappa shape index (κ3) is 4.12. The van der Waals surface area contributed by atoms with Gasteiger partial charge in [-0.25, -0.2) is 0 Å². The van der Waals surface area contributed by atoms with E-state index < -0.39 is 6.10 Å². The molecule has 1 fully saturated rings. The van der Waals surface area contributed by atoms with Gasteiger partial charge in [-0.3, -0.25) is 4.79 Å². The summed E-state index contributed by atoms with van der Waals surface area (Å²) >= 11 is 0. The first kappa shape index (κ1) is 13.5. The van der Waals surface area contributed by atoms with Crippen LogP contribution in [0.1, 0.15) is 52.9 Å². The highest BCUT2D eigenvalue weighted by Crippen LogP contribution is 2.30. The first-order chi connectivity index (χ1) is 7.50. The molecule has 0 aromatic heterocycles.